The third kappa shape index (κ3) is 4.58. The van der Waals surface area contributed by atoms with Crippen LogP contribution in [0, 0.1) is 11.6 Å². The molecular weight excluding hydrogens is 601 g/mol. The lowest BCUT2D eigenvalue weighted by Gasteiger charge is -2.27. The fourth-order valence-electron chi connectivity index (χ4n) is 5.24. The highest BCUT2D eigenvalue weighted by Gasteiger charge is 2.61. The Morgan fingerprint density at radius 1 is 1.07 bits per heavy atom. The second kappa shape index (κ2) is 9.88. The van der Waals surface area contributed by atoms with Crippen molar-refractivity contribution in [2.45, 2.75) is 17.8 Å². The maximum Gasteiger partial charge on any atom is 0.423 e. The largest absolute Gasteiger partial charge is 0.423 e. The second-order valence-corrected chi connectivity index (χ2v) is 10.2. The molecule has 4 aromatic rings. The smallest absolute Gasteiger partial charge is 0.375 e. The molecule has 3 amide bonds. The number of hydrogen-bond acceptors (Lipinski definition) is 5. The summed E-state index contributed by atoms with van der Waals surface area (Å²) in [6.07, 6.45) is -3.98. The monoisotopic (exact) mass is 617 g/mol. The Morgan fingerprint density at radius 2 is 1.79 bits per heavy atom. The highest BCUT2D eigenvalue weighted by molar-refractivity contribution is 6.31. The van der Waals surface area contributed by atoms with Gasteiger partial charge < -0.3 is 15.7 Å². The standard InChI is InChI=1S/C28H17ClF5N5O4/c29-19-5-3-13(30)8-16(19)24-23-17(25(41)37-24)10-15(39-22(40)2-1-7-35-39)11-20(23)36-26(42)38-12-27(43,28(32,33)34)18-9-14(31)4-6-21(18)38/h1-11,24,43H,12H2,(H,36,42)(H,37,41)/t24-,27-/m0/s1. The van der Waals surface area contributed by atoms with Crippen LogP contribution in [0.2, 0.25) is 5.02 Å². The van der Waals surface area contributed by atoms with Crippen molar-refractivity contribution in [1.29, 1.82) is 0 Å². The Hall–Kier alpha value is -4.82. The van der Waals surface area contributed by atoms with Gasteiger partial charge in [0.15, 0.2) is 0 Å². The number of alkyl halides is 3. The van der Waals surface area contributed by atoms with Crippen molar-refractivity contribution in [1.82, 2.24) is 15.1 Å². The van der Waals surface area contributed by atoms with E-state index >= 15 is 0 Å². The molecule has 3 heterocycles. The lowest BCUT2D eigenvalue weighted by molar-refractivity contribution is -0.258. The lowest BCUT2D eigenvalue weighted by Crippen LogP contribution is -2.48. The van der Waals surface area contributed by atoms with Gasteiger partial charge in [-0.05, 0) is 54.6 Å². The minimum absolute atomic E-state index is 0.0106. The van der Waals surface area contributed by atoms with Gasteiger partial charge in [-0.2, -0.15) is 23.0 Å². The van der Waals surface area contributed by atoms with Gasteiger partial charge in [-0.3, -0.25) is 14.5 Å². The number of carbonyl (C=O) groups excluding carboxylic acids is 2. The van der Waals surface area contributed by atoms with Gasteiger partial charge in [-0.15, -0.1) is 0 Å². The molecule has 0 radical (unpaired) electrons. The van der Waals surface area contributed by atoms with Crippen LogP contribution in [0.5, 0.6) is 0 Å². The molecule has 2 atom stereocenters. The summed E-state index contributed by atoms with van der Waals surface area (Å²) >= 11 is 6.31. The van der Waals surface area contributed by atoms with E-state index in [0.29, 0.717) is 11.0 Å². The van der Waals surface area contributed by atoms with E-state index < -0.39 is 64.7 Å². The number of carbonyl (C=O) groups is 2. The number of halogens is 6. The first-order chi connectivity index (χ1) is 20.3. The van der Waals surface area contributed by atoms with Crippen LogP contribution in [-0.2, 0) is 5.60 Å². The van der Waals surface area contributed by atoms with E-state index in [9.17, 15) is 41.4 Å². The van der Waals surface area contributed by atoms with Gasteiger partial charge in [0.05, 0.1) is 29.6 Å². The summed E-state index contributed by atoms with van der Waals surface area (Å²) in [5, 5.41) is 19.7. The summed E-state index contributed by atoms with van der Waals surface area (Å²) in [4.78, 5) is 39.8. The van der Waals surface area contributed by atoms with Crippen LogP contribution < -0.4 is 21.1 Å². The first kappa shape index (κ1) is 28.3. The third-order valence-electron chi connectivity index (χ3n) is 7.24. The summed E-state index contributed by atoms with van der Waals surface area (Å²) in [7, 11) is 0. The SMILES string of the molecule is O=C1N[C@@H](c2cc(F)ccc2Cl)c2c(NC(=O)N3C[C@@](O)(C(F)(F)F)c4cc(F)ccc43)cc(-n3ncccc3=O)cc21. The molecule has 43 heavy (non-hydrogen) atoms. The number of nitrogens with one attached hydrogen (secondary N) is 2. The molecule has 9 nitrogen and oxygen atoms in total. The normalized spacial score (nSPS) is 19.2. The number of aromatic nitrogens is 2. The zero-order valence-electron chi connectivity index (χ0n) is 21.4. The van der Waals surface area contributed by atoms with Crippen molar-refractivity contribution in [3.8, 4) is 5.69 Å². The Kier molecular flexibility index (Phi) is 6.50. The number of urea groups is 1. The van der Waals surface area contributed by atoms with Crippen molar-refractivity contribution in [3.63, 3.8) is 0 Å². The van der Waals surface area contributed by atoms with Crippen molar-refractivity contribution >= 4 is 34.9 Å². The fraction of sp³-hybridized carbons (Fsp3) is 0.143. The summed E-state index contributed by atoms with van der Waals surface area (Å²) < 4.78 is 71.0. The zero-order valence-corrected chi connectivity index (χ0v) is 22.2. The zero-order chi connectivity index (χ0) is 30.8. The second-order valence-electron chi connectivity index (χ2n) is 9.84. The van der Waals surface area contributed by atoms with E-state index in [1.54, 1.807) is 0 Å². The first-order valence-electron chi connectivity index (χ1n) is 12.4. The molecule has 0 saturated heterocycles. The summed E-state index contributed by atoms with van der Waals surface area (Å²) in [6, 6.07) is 8.47. The van der Waals surface area contributed by atoms with Crippen LogP contribution in [0.4, 0.5) is 38.1 Å². The molecule has 0 fully saturated rings. The molecule has 0 aliphatic carbocycles. The number of aliphatic hydroxyl groups is 1. The average molecular weight is 618 g/mol. The third-order valence-corrected chi connectivity index (χ3v) is 7.58. The molecule has 2 aliphatic rings. The van der Waals surface area contributed by atoms with Gasteiger partial charge in [0.25, 0.3) is 11.5 Å². The van der Waals surface area contributed by atoms with Crippen LogP contribution in [-0.4, -0.2) is 39.5 Å². The number of hydrogen-bond donors (Lipinski definition) is 3. The van der Waals surface area contributed by atoms with Crippen LogP contribution in [0.1, 0.15) is 33.1 Å². The molecular formula is C28H17ClF5N5O4. The molecule has 0 spiro atoms. The van der Waals surface area contributed by atoms with Crippen LogP contribution >= 0.6 is 11.6 Å². The molecule has 0 bridgehead atoms. The van der Waals surface area contributed by atoms with E-state index in [1.807, 2.05) is 0 Å². The Morgan fingerprint density at radius 3 is 2.51 bits per heavy atom. The number of anilines is 2. The summed E-state index contributed by atoms with van der Waals surface area (Å²) in [5.74, 6) is -2.43. The topological polar surface area (TPSA) is 117 Å². The Balaban J connectivity index is 1.50. The van der Waals surface area contributed by atoms with E-state index in [0.717, 1.165) is 28.9 Å². The van der Waals surface area contributed by atoms with Gasteiger partial charge in [0.2, 0.25) is 5.60 Å². The molecule has 6 rings (SSSR count). The van der Waals surface area contributed by atoms with Gasteiger partial charge in [0, 0.05) is 39.5 Å². The van der Waals surface area contributed by atoms with Gasteiger partial charge in [-0.1, -0.05) is 11.6 Å². The van der Waals surface area contributed by atoms with Gasteiger partial charge >= 0.3 is 12.2 Å². The number of rotatable bonds is 3. The highest BCUT2D eigenvalue weighted by atomic mass is 35.5. The number of benzene rings is 3. The maximum atomic E-state index is 14.2. The highest BCUT2D eigenvalue weighted by Crippen LogP contribution is 2.49. The fourth-order valence-corrected chi connectivity index (χ4v) is 5.47. The average Bonchev–Trinajstić information content (AvgIpc) is 3.45. The van der Waals surface area contributed by atoms with Crippen molar-refractivity contribution in [2.24, 2.45) is 0 Å². The number of nitrogens with zero attached hydrogens (tertiary/aromatic N) is 3. The van der Waals surface area contributed by atoms with E-state index in [1.165, 1.54) is 36.5 Å². The summed E-state index contributed by atoms with van der Waals surface area (Å²) in [5.41, 5.74) is -5.49. The molecule has 15 heteroatoms. The molecule has 2 aliphatic heterocycles. The van der Waals surface area contributed by atoms with Crippen molar-refractivity contribution < 1.29 is 36.6 Å². The quantitative estimate of drug-likeness (QED) is 0.286. The molecule has 1 aromatic heterocycles. The lowest BCUT2D eigenvalue weighted by atomic mass is 9.95. The van der Waals surface area contributed by atoms with Crippen LogP contribution in [0.15, 0.2) is 71.7 Å². The number of amides is 3. The minimum Gasteiger partial charge on any atom is -0.375 e. The first-order valence-corrected chi connectivity index (χ1v) is 12.8. The molecule has 0 saturated carbocycles. The van der Waals surface area contributed by atoms with Crippen LogP contribution in [0.3, 0.4) is 0 Å². The predicted molar refractivity (Wildman–Crippen MR) is 143 cm³/mol. The van der Waals surface area contributed by atoms with E-state index in [2.05, 4.69) is 15.7 Å². The predicted octanol–water partition coefficient (Wildman–Crippen LogP) is 4.80. The Bertz CT molecular complexity index is 1900. The van der Waals surface area contributed by atoms with Crippen LogP contribution in [0.25, 0.3) is 5.69 Å². The van der Waals surface area contributed by atoms with Gasteiger partial charge in [0.1, 0.15) is 11.6 Å². The molecule has 220 valence electrons. The molecule has 3 aromatic carbocycles. The maximum absolute atomic E-state index is 14.2. The Labute approximate surface area is 243 Å². The molecule has 0 unspecified atom stereocenters. The van der Waals surface area contributed by atoms with Gasteiger partial charge in [-0.25, -0.2) is 13.6 Å². The summed E-state index contributed by atoms with van der Waals surface area (Å²) in [6.45, 7) is -1.31. The van der Waals surface area contributed by atoms with E-state index in [4.69, 9.17) is 11.6 Å². The van der Waals surface area contributed by atoms with Crippen molar-refractivity contribution in [3.05, 3.63) is 116 Å². The van der Waals surface area contributed by atoms with Crippen molar-refractivity contribution in [2.75, 3.05) is 16.8 Å². The number of fused-ring (bicyclic) bond motifs is 2. The molecule has 3 N–H and O–H groups in total. The van der Waals surface area contributed by atoms with E-state index in [-0.39, 0.29) is 33.1 Å². The minimum atomic E-state index is -5.28. The number of β-amino-alcohol motifs (C(OH)–C–C–N with tert-alkyl or cyclic N) is 1.